The van der Waals surface area contributed by atoms with Crippen LogP contribution in [0.3, 0.4) is 0 Å². The summed E-state index contributed by atoms with van der Waals surface area (Å²) < 4.78 is 19.5. The molecule has 0 aliphatic heterocycles. The molecule has 2 heterocycles. The van der Waals surface area contributed by atoms with E-state index < -0.39 is 17.2 Å². The van der Waals surface area contributed by atoms with Gasteiger partial charge in [-0.15, -0.1) is 0 Å². The van der Waals surface area contributed by atoms with Crippen LogP contribution >= 0.6 is 0 Å². The quantitative estimate of drug-likeness (QED) is 0.414. The highest BCUT2D eigenvalue weighted by atomic mass is 16.6. The third kappa shape index (κ3) is 4.09. The summed E-state index contributed by atoms with van der Waals surface area (Å²) in [5.74, 6) is 6.55. The molecule has 0 spiro atoms. The molecule has 0 saturated heterocycles. The summed E-state index contributed by atoms with van der Waals surface area (Å²) >= 11 is 0. The van der Waals surface area contributed by atoms with Gasteiger partial charge in [-0.05, 0) is 38.0 Å². The van der Waals surface area contributed by atoms with Gasteiger partial charge in [0.2, 0.25) is 0 Å². The molecule has 0 saturated carbocycles. The predicted octanol–water partition coefficient (Wildman–Crippen LogP) is 0.897. The van der Waals surface area contributed by atoms with E-state index in [1.54, 1.807) is 36.7 Å². The first-order chi connectivity index (χ1) is 15.4. The van der Waals surface area contributed by atoms with Crippen LogP contribution in [-0.2, 0) is 29.7 Å². The van der Waals surface area contributed by atoms with Crippen molar-refractivity contribution < 1.29 is 19.0 Å². The van der Waals surface area contributed by atoms with Crippen molar-refractivity contribution in [3.05, 3.63) is 50.4 Å². The minimum atomic E-state index is -0.509. The molecule has 0 fully saturated rings. The van der Waals surface area contributed by atoms with Gasteiger partial charge in [0.05, 0.1) is 14.2 Å². The summed E-state index contributed by atoms with van der Waals surface area (Å²) in [6.45, 7) is 3.97. The third-order valence-electron chi connectivity index (χ3n) is 4.93. The second-order valence-electron chi connectivity index (χ2n) is 6.72. The van der Waals surface area contributed by atoms with E-state index in [0.29, 0.717) is 40.6 Å². The second kappa shape index (κ2) is 9.43. The maximum absolute atomic E-state index is 12.8. The standard InChI is InChI=1S/C22H24N4O6/c1-6-25-20-19(21(28)26(7-2)22(25)29)24(3)17(23-20)11-9-14-8-10-15(16(12-14)30-4)32-13-18(27)31-5/h8,10,12H,6-7,13H2,1-5H3. The number of benzene rings is 1. The van der Waals surface area contributed by atoms with E-state index in [-0.39, 0.29) is 13.2 Å². The van der Waals surface area contributed by atoms with Crippen LogP contribution in [0.4, 0.5) is 0 Å². The molecule has 0 aliphatic carbocycles. The summed E-state index contributed by atoms with van der Waals surface area (Å²) in [6.07, 6.45) is 0. The number of hydrogen-bond acceptors (Lipinski definition) is 7. The Morgan fingerprint density at radius 3 is 2.41 bits per heavy atom. The van der Waals surface area contributed by atoms with E-state index >= 15 is 0 Å². The summed E-state index contributed by atoms with van der Waals surface area (Å²) in [7, 11) is 4.45. The zero-order valence-electron chi connectivity index (χ0n) is 18.6. The summed E-state index contributed by atoms with van der Waals surface area (Å²) in [5, 5.41) is 0. The lowest BCUT2D eigenvalue weighted by molar-refractivity contribution is -0.142. The molecule has 0 aliphatic rings. The number of rotatable bonds is 6. The first-order valence-electron chi connectivity index (χ1n) is 9.95. The highest BCUT2D eigenvalue weighted by Gasteiger charge is 2.18. The summed E-state index contributed by atoms with van der Waals surface area (Å²) in [5.41, 5.74) is 0.453. The second-order valence-corrected chi connectivity index (χ2v) is 6.72. The maximum atomic E-state index is 12.8. The van der Waals surface area contributed by atoms with Crippen molar-refractivity contribution >= 4 is 17.1 Å². The number of nitrogens with zero attached hydrogens (tertiary/aromatic N) is 4. The van der Waals surface area contributed by atoms with Crippen molar-refractivity contribution in [3.63, 3.8) is 0 Å². The van der Waals surface area contributed by atoms with Crippen LogP contribution < -0.4 is 20.7 Å². The smallest absolute Gasteiger partial charge is 0.343 e. The fourth-order valence-electron chi connectivity index (χ4n) is 3.23. The van der Waals surface area contributed by atoms with Crippen molar-refractivity contribution in [2.45, 2.75) is 26.9 Å². The van der Waals surface area contributed by atoms with Gasteiger partial charge in [-0.1, -0.05) is 5.92 Å². The van der Waals surface area contributed by atoms with Gasteiger partial charge in [0, 0.05) is 25.7 Å². The Morgan fingerprint density at radius 2 is 1.78 bits per heavy atom. The van der Waals surface area contributed by atoms with E-state index in [4.69, 9.17) is 9.47 Å². The van der Waals surface area contributed by atoms with Crippen LogP contribution in [0.2, 0.25) is 0 Å². The van der Waals surface area contributed by atoms with Gasteiger partial charge in [0.1, 0.15) is 0 Å². The number of esters is 1. The van der Waals surface area contributed by atoms with Crippen molar-refractivity contribution in [1.82, 2.24) is 18.7 Å². The van der Waals surface area contributed by atoms with Crippen LogP contribution in [-0.4, -0.2) is 45.5 Å². The van der Waals surface area contributed by atoms with E-state index in [1.165, 1.54) is 23.4 Å². The first-order valence-corrected chi connectivity index (χ1v) is 9.95. The third-order valence-corrected chi connectivity index (χ3v) is 4.93. The van der Waals surface area contributed by atoms with Crippen molar-refractivity contribution in [3.8, 4) is 23.3 Å². The number of carbonyl (C=O) groups excluding carboxylic acids is 1. The minimum absolute atomic E-state index is 0.244. The molecule has 0 bridgehead atoms. The van der Waals surface area contributed by atoms with Gasteiger partial charge in [0.15, 0.2) is 35.1 Å². The normalized spacial score (nSPS) is 10.5. The van der Waals surface area contributed by atoms with Gasteiger partial charge in [-0.25, -0.2) is 14.6 Å². The summed E-state index contributed by atoms with van der Waals surface area (Å²) in [4.78, 5) is 41.1. The predicted molar refractivity (Wildman–Crippen MR) is 117 cm³/mol. The van der Waals surface area contributed by atoms with E-state index in [9.17, 15) is 14.4 Å². The lowest BCUT2D eigenvalue weighted by atomic mass is 10.2. The molecule has 10 nitrogen and oxygen atoms in total. The zero-order chi connectivity index (χ0) is 23.4. The van der Waals surface area contributed by atoms with Crippen LogP contribution in [0.15, 0.2) is 27.8 Å². The van der Waals surface area contributed by atoms with Crippen molar-refractivity contribution in [2.24, 2.45) is 7.05 Å². The molecule has 32 heavy (non-hydrogen) atoms. The highest BCUT2D eigenvalue weighted by Crippen LogP contribution is 2.27. The molecule has 10 heteroatoms. The first kappa shape index (κ1) is 22.7. The average Bonchev–Trinajstić information content (AvgIpc) is 3.12. The number of fused-ring (bicyclic) bond motifs is 1. The Bertz CT molecular complexity index is 1350. The molecule has 168 valence electrons. The van der Waals surface area contributed by atoms with Gasteiger partial charge < -0.3 is 18.8 Å². The zero-order valence-corrected chi connectivity index (χ0v) is 18.6. The SMILES string of the molecule is CCn1c(=O)c2c(nc(C#Cc3ccc(OCC(=O)OC)c(OC)c3)n2C)n(CC)c1=O. The number of hydrogen-bond donors (Lipinski definition) is 0. The fraction of sp³-hybridized carbons (Fsp3) is 0.364. The van der Waals surface area contributed by atoms with Crippen LogP contribution in [0, 0.1) is 11.8 Å². The van der Waals surface area contributed by atoms with Crippen molar-refractivity contribution in [2.75, 3.05) is 20.8 Å². The van der Waals surface area contributed by atoms with Gasteiger partial charge in [-0.3, -0.25) is 13.9 Å². The number of carbonyl (C=O) groups is 1. The monoisotopic (exact) mass is 440 g/mol. The van der Waals surface area contributed by atoms with E-state index in [1.807, 2.05) is 6.92 Å². The molecule has 0 radical (unpaired) electrons. The Labute approximate surface area is 184 Å². The topological polar surface area (TPSA) is 107 Å². The fourth-order valence-corrected chi connectivity index (χ4v) is 3.23. The number of imidazole rings is 1. The molecule has 2 aromatic heterocycles. The molecule has 0 amide bonds. The van der Waals surface area contributed by atoms with Crippen LogP contribution in [0.25, 0.3) is 11.2 Å². The molecular weight excluding hydrogens is 416 g/mol. The van der Waals surface area contributed by atoms with Gasteiger partial charge >= 0.3 is 11.7 Å². The van der Waals surface area contributed by atoms with Crippen LogP contribution in [0.1, 0.15) is 25.2 Å². The molecule has 0 unspecified atom stereocenters. The summed E-state index contributed by atoms with van der Waals surface area (Å²) in [6, 6.07) is 5.00. The van der Waals surface area contributed by atoms with Gasteiger partial charge in [0.25, 0.3) is 5.56 Å². The Balaban J connectivity index is 2.03. The van der Waals surface area contributed by atoms with Crippen LogP contribution in [0.5, 0.6) is 11.5 Å². The maximum Gasteiger partial charge on any atom is 0.343 e. The lowest BCUT2D eigenvalue weighted by Gasteiger charge is -2.09. The van der Waals surface area contributed by atoms with E-state index in [0.717, 1.165) is 0 Å². The van der Waals surface area contributed by atoms with E-state index in [2.05, 4.69) is 21.6 Å². The molecule has 0 atom stereocenters. The number of aromatic nitrogens is 4. The lowest BCUT2D eigenvalue weighted by Crippen LogP contribution is -2.39. The molecule has 0 N–H and O–H groups in total. The largest absolute Gasteiger partial charge is 0.493 e. The van der Waals surface area contributed by atoms with Crippen molar-refractivity contribution in [1.29, 1.82) is 0 Å². The number of methoxy groups -OCH3 is 2. The minimum Gasteiger partial charge on any atom is -0.493 e. The number of aryl methyl sites for hydroxylation is 2. The van der Waals surface area contributed by atoms with Gasteiger partial charge in [-0.2, -0.15) is 0 Å². The molecule has 3 rings (SSSR count). The Hall–Kier alpha value is -4.00. The molecule has 1 aromatic carbocycles. The Morgan fingerprint density at radius 1 is 1.06 bits per heavy atom. The molecular formula is C22H24N4O6. The number of ether oxygens (including phenoxy) is 3. The Kier molecular flexibility index (Phi) is 6.68. The average molecular weight is 440 g/mol. The highest BCUT2D eigenvalue weighted by molar-refractivity contribution is 5.72. The molecule has 3 aromatic rings.